The van der Waals surface area contributed by atoms with Crippen LogP contribution in [0.5, 0.6) is 0 Å². The molecule has 0 fully saturated rings. The van der Waals surface area contributed by atoms with Crippen LogP contribution in [0.15, 0.2) is 59.2 Å². The zero-order valence-corrected chi connectivity index (χ0v) is 16.7. The number of nitrogens with zero attached hydrogens (tertiary/aromatic N) is 2. The summed E-state index contributed by atoms with van der Waals surface area (Å²) in [5.41, 5.74) is 1.51. The fraction of sp³-hybridized carbons (Fsp3) is 0.111. The molecular weight excluding hydrogens is 439 g/mol. The number of hydrogen-bond donors (Lipinski definition) is 2. The standard InChI is InChI=1S/C18H15BrClFN4S/c19-14-11-25(10-13-15(20)7-4-8-16(13)21)24-17(14)23-18(26)22-9-12-5-2-1-3-6-12/h1-8,11H,9-10H2,(H2,22,23,24,26). The Labute approximate surface area is 169 Å². The molecular formula is C18H15BrClFN4S. The average Bonchev–Trinajstić information content (AvgIpc) is 2.97. The predicted octanol–water partition coefficient (Wildman–Crippen LogP) is 4.97. The van der Waals surface area contributed by atoms with E-state index in [2.05, 4.69) is 31.7 Å². The van der Waals surface area contributed by atoms with Crippen molar-refractivity contribution in [3.05, 3.63) is 81.2 Å². The molecule has 3 rings (SSSR count). The lowest BCUT2D eigenvalue weighted by Crippen LogP contribution is -2.28. The Morgan fingerprint density at radius 3 is 2.69 bits per heavy atom. The van der Waals surface area contributed by atoms with E-state index in [1.54, 1.807) is 23.0 Å². The summed E-state index contributed by atoms with van der Waals surface area (Å²) in [6.07, 6.45) is 1.74. The van der Waals surface area contributed by atoms with Crippen molar-refractivity contribution in [2.75, 3.05) is 5.32 Å². The van der Waals surface area contributed by atoms with Crippen LogP contribution in [0.3, 0.4) is 0 Å². The largest absolute Gasteiger partial charge is 0.358 e. The number of halogens is 3. The minimum absolute atomic E-state index is 0.218. The van der Waals surface area contributed by atoms with Gasteiger partial charge in [0.2, 0.25) is 0 Å². The maximum absolute atomic E-state index is 13.9. The summed E-state index contributed by atoms with van der Waals surface area (Å²) in [6.45, 7) is 0.825. The third kappa shape index (κ3) is 4.81. The molecule has 3 aromatic rings. The van der Waals surface area contributed by atoms with Crippen molar-refractivity contribution in [1.29, 1.82) is 0 Å². The summed E-state index contributed by atoms with van der Waals surface area (Å²) in [4.78, 5) is 0. The van der Waals surface area contributed by atoms with Gasteiger partial charge in [-0.3, -0.25) is 4.68 Å². The van der Waals surface area contributed by atoms with Crippen LogP contribution in [0.1, 0.15) is 11.1 Å². The summed E-state index contributed by atoms with van der Waals surface area (Å²) in [6, 6.07) is 14.5. The molecule has 0 aliphatic carbocycles. The first-order valence-electron chi connectivity index (χ1n) is 7.77. The molecule has 8 heteroatoms. The summed E-state index contributed by atoms with van der Waals surface area (Å²) in [5, 5.41) is 11.4. The number of hydrogen-bond acceptors (Lipinski definition) is 2. The first-order chi connectivity index (χ1) is 12.5. The molecule has 134 valence electrons. The summed E-state index contributed by atoms with van der Waals surface area (Å²) in [5.74, 6) is 0.182. The van der Waals surface area contributed by atoms with Gasteiger partial charge in [0.15, 0.2) is 10.9 Å². The van der Waals surface area contributed by atoms with Crippen LogP contribution in [0.2, 0.25) is 5.02 Å². The molecule has 1 aromatic heterocycles. The van der Waals surface area contributed by atoms with Gasteiger partial charge >= 0.3 is 0 Å². The number of anilines is 1. The van der Waals surface area contributed by atoms with Gasteiger partial charge in [-0.25, -0.2) is 4.39 Å². The lowest BCUT2D eigenvalue weighted by Gasteiger charge is -2.09. The van der Waals surface area contributed by atoms with Crippen LogP contribution in [0.4, 0.5) is 10.2 Å². The third-order valence-corrected chi connectivity index (χ3v) is 4.81. The molecule has 2 N–H and O–H groups in total. The number of thiocarbonyl (C=S) groups is 1. The van der Waals surface area contributed by atoms with Crippen molar-refractivity contribution in [1.82, 2.24) is 15.1 Å². The highest BCUT2D eigenvalue weighted by atomic mass is 79.9. The van der Waals surface area contributed by atoms with Crippen LogP contribution in [0, 0.1) is 5.82 Å². The van der Waals surface area contributed by atoms with Gasteiger partial charge in [0.05, 0.1) is 11.0 Å². The maximum atomic E-state index is 13.9. The molecule has 0 unspecified atom stereocenters. The fourth-order valence-corrected chi connectivity index (χ4v) is 3.14. The van der Waals surface area contributed by atoms with E-state index in [0.29, 0.717) is 32.5 Å². The molecule has 0 spiro atoms. The van der Waals surface area contributed by atoms with E-state index < -0.39 is 0 Å². The molecule has 0 radical (unpaired) electrons. The fourth-order valence-electron chi connectivity index (χ4n) is 2.34. The quantitative estimate of drug-likeness (QED) is 0.535. The molecule has 26 heavy (non-hydrogen) atoms. The van der Waals surface area contributed by atoms with E-state index in [1.165, 1.54) is 6.07 Å². The number of nitrogens with one attached hydrogen (secondary N) is 2. The monoisotopic (exact) mass is 452 g/mol. The second-order valence-corrected chi connectivity index (χ2v) is 7.19. The Kier molecular flexibility index (Phi) is 6.24. The van der Waals surface area contributed by atoms with E-state index in [1.807, 2.05) is 30.3 Å². The first kappa shape index (κ1) is 18.8. The molecule has 0 aliphatic rings. The van der Waals surface area contributed by atoms with Crippen LogP contribution >= 0.6 is 39.7 Å². The lowest BCUT2D eigenvalue weighted by molar-refractivity contribution is 0.586. The van der Waals surface area contributed by atoms with Crippen molar-refractivity contribution < 1.29 is 4.39 Å². The molecule has 0 atom stereocenters. The van der Waals surface area contributed by atoms with Crippen LogP contribution in [0.25, 0.3) is 0 Å². The highest BCUT2D eigenvalue weighted by Crippen LogP contribution is 2.24. The molecule has 0 aliphatic heterocycles. The normalized spacial score (nSPS) is 10.6. The van der Waals surface area contributed by atoms with Crippen molar-refractivity contribution in [3.8, 4) is 0 Å². The Hall–Kier alpha value is -1.96. The van der Waals surface area contributed by atoms with Crippen molar-refractivity contribution in [2.45, 2.75) is 13.1 Å². The minimum Gasteiger partial charge on any atom is -0.358 e. The zero-order valence-electron chi connectivity index (χ0n) is 13.5. The highest BCUT2D eigenvalue weighted by molar-refractivity contribution is 9.10. The lowest BCUT2D eigenvalue weighted by atomic mass is 10.2. The third-order valence-electron chi connectivity index (χ3n) is 3.63. The van der Waals surface area contributed by atoms with Gasteiger partial charge in [-0.05, 0) is 45.8 Å². The smallest absolute Gasteiger partial charge is 0.172 e. The first-order valence-corrected chi connectivity index (χ1v) is 9.35. The van der Waals surface area contributed by atoms with E-state index in [-0.39, 0.29) is 12.4 Å². The Morgan fingerprint density at radius 2 is 1.96 bits per heavy atom. The van der Waals surface area contributed by atoms with Crippen LogP contribution in [-0.4, -0.2) is 14.9 Å². The summed E-state index contributed by atoms with van der Waals surface area (Å²) >= 11 is 14.8. The van der Waals surface area contributed by atoms with Crippen molar-refractivity contribution >= 4 is 50.7 Å². The second kappa shape index (κ2) is 8.62. The van der Waals surface area contributed by atoms with Crippen molar-refractivity contribution in [2.24, 2.45) is 0 Å². The topological polar surface area (TPSA) is 41.9 Å². The summed E-state index contributed by atoms with van der Waals surface area (Å²) < 4.78 is 16.2. The van der Waals surface area contributed by atoms with E-state index in [4.69, 9.17) is 23.8 Å². The van der Waals surface area contributed by atoms with Crippen LogP contribution in [-0.2, 0) is 13.1 Å². The average molecular weight is 454 g/mol. The van der Waals surface area contributed by atoms with Gasteiger partial charge in [-0.1, -0.05) is 48.0 Å². The molecule has 0 amide bonds. The summed E-state index contributed by atoms with van der Waals surface area (Å²) in [7, 11) is 0. The van der Waals surface area contributed by atoms with Crippen molar-refractivity contribution in [3.63, 3.8) is 0 Å². The van der Waals surface area contributed by atoms with Gasteiger partial charge < -0.3 is 10.6 Å². The van der Waals surface area contributed by atoms with E-state index >= 15 is 0 Å². The minimum atomic E-state index is -0.362. The Morgan fingerprint density at radius 1 is 1.19 bits per heavy atom. The number of rotatable bonds is 5. The van der Waals surface area contributed by atoms with Gasteiger partial charge in [0.25, 0.3) is 0 Å². The molecule has 2 aromatic carbocycles. The predicted molar refractivity (Wildman–Crippen MR) is 110 cm³/mol. The van der Waals surface area contributed by atoms with Gasteiger partial charge in [-0.2, -0.15) is 5.10 Å². The Bertz CT molecular complexity index is 897. The van der Waals surface area contributed by atoms with Gasteiger partial charge in [0, 0.05) is 23.3 Å². The van der Waals surface area contributed by atoms with E-state index in [9.17, 15) is 4.39 Å². The molecule has 4 nitrogen and oxygen atoms in total. The van der Waals surface area contributed by atoms with Gasteiger partial charge in [0.1, 0.15) is 5.82 Å². The second-order valence-electron chi connectivity index (χ2n) is 5.52. The molecule has 1 heterocycles. The maximum Gasteiger partial charge on any atom is 0.172 e. The van der Waals surface area contributed by atoms with E-state index in [0.717, 1.165) is 5.56 Å². The molecule has 0 saturated heterocycles. The number of benzene rings is 2. The highest BCUT2D eigenvalue weighted by Gasteiger charge is 2.12. The SMILES string of the molecule is Fc1cccc(Cl)c1Cn1cc(Br)c(NC(=S)NCc2ccccc2)n1. The zero-order chi connectivity index (χ0) is 18.5. The Balaban J connectivity index is 1.63. The van der Waals surface area contributed by atoms with Crippen LogP contribution < -0.4 is 10.6 Å². The van der Waals surface area contributed by atoms with Gasteiger partial charge in [-0.15, -0.1) is 0 Å². The molecule has 0 saturated carbocycles. The number of aromatic nitrogens is 2. The molecule has 0 bridgehead atoms.